The van der Waals surface area contributed by atoms with Gasteiger partial charge >= 0.3 is 5.97 Å². The van der Waals surface area contributed by atoms with Crippen LogP contribution in [-0.2, 0) is 17.8 Å². The van der Waals surface area contributed by atoms with E-state index in [2.05, 4.69) is 59.2 Å². The van der Waals surface area contributed by atoms with Crippen LogP contribution in [-0.4, -0.2) is 48.8 Å². The molecule has 0 aliphatic carbocycles. The lowest BCUT2D eigenvalue weighted by Gasteiger charge is -2.27. The molecule has 1 atom stereocenters. The van der Waals surface area contributed by atoms with Gasteiger partial charge in [0.15, 0.2) is 5.88 Å². The molecule has 0 unspecified atom stereocenters. The number of ether oxygens (including phenoxy) is 1. The maximum Gasteiger partial charge on any atom is 0.307 e. The van der Waals surface area contributed by atoms with Crippen LogP contribution >= 0.6 is 0 Å². The molecule has 1 fully saturated rings. The maximum absolute atomic E-state index is 11.0. The minimum absolute atomic E-state index is 0.00488. The fourth-order valence-electron chi connectivity index (χ4n) is 4.86. The fraction of sp³-hybridized carbons (Fsp3) is 0.433. The molecular formula is C30H38N2O4. The third-order valence-electron chi connectivity index (χ3n) is 6.74. The first-order valence-corrected chi connectivity index (χ1v) is 13.1. The number of furan rings is 1. The number of piperidine rings is 1. The first kappa shape index (κ1) is 25.8. The predicted octanol–water partition coefficient (Wildman–Crippen LogP) is 5.97. The minimum Gasteiger partial charge on any atom is -0.494 e. The molecule has 36 heavy (non-hydrogen) atoms. The van der Waals surface area contributed by atoms with Crippen LogP contribution in [0.4, 0.5) is 5.88 Å². The van der Waals surface area contributed by atoms with Crippen molar-refractivity contribution < 1.29 is 19.1 Å². The van der Waals surface area contributed by atoms with Gasteiger partial charge in [0, 0.05) is 32.2 Å². The Morgan fingerprint density at radius 3 is 2.64 bits per heavy atom. The van der Waals surface area contributed by atoms with E-state index in [4.69, 9.17) is 14.3 Å². The molecule has 6 heteroatoms. The van der Waals surface area contributed by atoms with Gasteiger partial charge in [0.1, 0.15) is 11.5 Å². The monoisotopic (exact) mass is 490 g/mol. The number of nitrogens with zero attached hydrogens (tertiary/aromatic N) is 2. The van der Waals surface area contributed by atoms with Gasteiger partial charge in [-0.05, 0) is 60.9 Å². The van der Waals surface area contributed by atoms with Crippen LogP contribution in [0.5, 0.6) is 5.75 Å². The zero-order chi connectivity index (χ0) is 25.2. The minimum atomic E-state index is -0.836. The van der Waals surface area contributed by atoms with E-state index in [0.717, 1.165) is 62.1 Å². The summed E-state index contributed by atoms with van der Waals surface area (Å²) in [6.45, 7) is 7.57. The number of carbonyl (C=O) groups is 1. The Kier molecular flexibility index (Phi) is 9.45. The lowest BCUT2D eigenvalue weighted by Crippen LogP contribution is -2.30. The van der Waals surface area contributed by atoms with Gasteiger partial charge in [-0.25, -0.2) is 0 Å². The van der Waals surface area contributed by atoms with Gasteiger partial charge in [0.05, 0.1) is 19.6 Å². The Bertz CT molecular complexity index is 1080. The summed E-state index contributed by atoms with van der Waals surface area (Å²) >= 11 is 0. The van der Waals surface area contributed by atoms with E-state index < -0.39 is 5.97 Å². The summed E-state index contributed by atoms with van der Waals surface area (Å²) in [6.07, 6.45) is 4.64. The summed E-state index contributed by atoms with van der Waals surface area (Å²) in [5.41, 5.74) is 2.09. The maximum atomic E-state index is 11.0. The lowest BCUT2D eigenvalue weighted by molar-refractivity contribution is -0.136. The number of rotatable bonds is 13. The molecular weight excluding hydrogens is 452 g/mol. The zero-order valence-corrected chi connectivity index (χ0v) is 21.3. The van der Waals surface area contributed by atoms with E-state index in [1.54, 1.807) is 0 Å². The second-order valence-corrected chi connectivity index (χ2v) is 9.75. The van der Waals surface area contributed by atoms with Crippen LogP contribution in [0.3, 0.4) is 0 Å². The van der Waals surface area contributed by atoms with Crippen LogP contribution in [0.2, 0.25) is 0 Å². The van der Waals surface area contributed by atoms with Gasteiger partial charge < -0.3 is 19.2 Å². The van der Waals surface area contributed by atoms with E-state index in [9.17, 15) is 4.79 Å². The van der Waals surface area contributed by atoms with Gasteiger partial charge in [0.2, 0.25) is 0 Å². The van der Waals surface area contributed by atoms with E-state index in [1.165, 1.54) is 24.8 Å². The summed E-state index contributed by atoms with van der Waals surface area (Å²) in [5, 5.41) is 9.03. The molecule has 1 aliphatic rings. The van der Waals surface area contributed by atoms with Crippen LogP contribution in [0.25, 0.3) is 0 Å². The highest BCUT2D eigenvalue weighted by Crippen LogP contribution is 2.24. The van der Waals surface area contributed by atoms with Gasteiger partial charge in [0.25, 0.3) is 0 Å². The van der Waals surface area contributed by atoms with Crippen molar-refractivity contribution >= 4 is 11.9 Å². The molecule has 0 radical (unpaired) electrons. The second kappa shape index (κ2) is 13.2. The highest BCUT2D eigenvalue weighted by Gasteiger charge is 2.17. The number of carboxylic acids is 1. The van der Waals surface area contributed by atoms with Crippen molar-refractivity contribution in [2.75, 3.05) is 37.7 Å². The molecule has 0 saturated carbocycles. The van der Waals surface area contributed by atoms with Crippen LogP contribution in [0.1, 0.15) is 55.4 Å². The third-order valence-corrected chi connectivity index (χ3v) is 6.74. The van der Waals surface area contributed by atoms with Gasteiger partial charge in [-0.1, -0.05) is 49.4 Å². The second-order valence-electron chi connectivity index (χ2n) is 9.75. The molecule has 1 aliphatic heterocycles. The first-order chi connectivity index (χ1) is 17.6. The smallest absolute Gasteiger partial charge is 0.307 e. The highest BCUT2D eigenvalue weighted by molar-refractivity contribution is 5.70. The van der Waals surface area contributed by atoms with Gasteiger partial charge in [-0.2, -0.15) is 0 Å². The summed E-state index contributed by atoms with van der Waals surface area (Å²) in [6, 6.07) is 22.2. The molecule has 3 aromatic rings. The number of carboxylic acid groups (broad SMARTS) is 1. The molecule has 4 rings (SSSR count). The Morgan fingerprint density at radius 1 is 1.06 bits per heavy atom. The third kappa shape index (κ3) is 7.89. The quantitative estimate of drug-likeness (QED) is 0.298. The molecule has 192 valence electrons. The Labute approximate surface area is 214 Å². The average molecular weight is 491 g/mol. The van der Waals surface area contributed by atoms with E-state index in [0.29, 0.717) is 12.5 Å². The molecule has 2 aromatic carbocycles. The molecule has 1 saturated heterocycles. The van der Waals surface area contributed by atoms with Gasteiger partial charge in [-0.3, -0.25) is 9.69 Å². The number of anilines is 1. The Morgan fingerprint density at radius 2 is 1.86 bits per heavy atom. The highest BCUT2D eigenvalue weighted by atomic mass is 16.5. The molecule has 0 bridgehead atoms. The number of hydrogen-bond acceptors (Lipinski definition) is 5. The van der Waals surface area contributed by atoms with E-state index in [-0.39, 0.29) is 6.42 Å². The van der Waals surface area contributed by atoms with Crippen molar-refractivity contribution in [2.45, 2.75) is 51.5 Å². The Balaban J connectivity index is 1.34. The molecule has 1 aromatic heterocycles. The lowest BCUT2D eigenvalue weighted by atomic mass is 10.0. The SMILES string of the molecule is C[C@H](CN(CCCOc1cccc(CC(=O)O)c1)Cc1ccc(N2CCCCC2)o1)c1ccccc1. The van der Waals surface area contributed by atoms with E-state index in [1.807, 2.05) is 24.3 Å². The first-order valence-electron chi connectivity index (χ1n) is 13.1. The number of hydrogen-bond donors (Lipinski definition) is 1. The summed E-state index contributed by atoms with van der Waals surface area (Å²) in [5.74, 6) is 2.27. The van der Waals surface area contributed by atoms with Crippen molar-refractivity contribution in [1.82, 2.24) is 4.90 Å². The number of aliphatic carboxylic acids is 1. The van der Waals surface area contributed by atoms with E-state index >= 15 is 0 Å². The summed E-state index contributed by atoms with van der Waals surface area (Å²) in [4.78, 5) is 15.8. The van der Waals surface area contributed by atoms with Gasteiger partial charge in [-0.15, -0.1) is 0 Å². The summed E-state index contributed by atoms with van der Waals surface area (Å²) < 4.78 is 12.2. The van der Waals surface area contributed by atoms with Crippen LogP contribution in [0, 0.1) is 0 Å². The molecule has 2 heterocycles. The van der Waals surface area contributed by atoms with Crippen LogP contribution < -0.4 is 9.64 Å². The fourth-order valence-corrected chi connectivity index (χ4v) is 4.86. The number of benzene rings is 2. The van der Waals surface area contributed by atoms with Crippen LogP contribution in [0.15, 0.2) is 71.1 Å². The summed E-state index contributed by atoms with van der Waals surface area (Å²) in [7, 11) is 0. The molecule has 6 nitrogen and oxygen atoms in total. The van der Waals surface area contributed by atoms with Crippen molar-refractivity contribution in [3.63, 3.8) is 0 Å². The standard InChI is InChI=1S/C30H38N2O4/c1-24(26-11-4-2-5-12-26)22-31(23-28-14-15-29(36-28)32-17-6-3-7-18-32)16-9-19-35-27-13-8-10-25(20-27)21-30(33)34/h2,4-5,8,10-15,20,24H,3,6-7,9,16-19,21-23H2,1H3,(H,33,34)/t24-/m1/s1. The average Bonchev–Trinajstić information content (AvgIpc) is 3.36. The van der Waals surface area contributed by atoms with Crippen molar-refractivity contribution in [1.29, 1.82) is 0 Å². The van der Waals surface area contributed by atoms with Crippen molar-refractivity contribution in [2.24, 2.45) is 0 Å². The normalized spacial score (nSPS) is 14.7. The predicted molar refractivity (Wildman–Crippen MR) is 143 cm³/mol. The zero-order valence-electron chi connectivity index (χ0n) is 21.3. The Hall–Kier alpha value is -3.25. The van der Waals surface area contributed by atoms with Crippen molar-refractivity contribution in [3.05, 3.63) is 83.6 Å². The molecule has 0 spiro atoms. The largest absolute Gasteiger partial charge is 0.494 e. The molecule has 1 N–H and O–H groups in total. The topological polar surface area (TPSA) is 66.2 Å². The van der Waals surface area contributed by atoms with Crippen molar-refractivity contribution in [3.8, 4) is 5.75 Å². The molecule has 0 amide bonds.